The Hall–Kier alpha value is -2.10. The minimum Gasteiger partial charge on any atom is -0.481 e. The summed E-state index contributed by atoms with van der Waals surface area (Å²) in [5.41, 5.74) is 0.864. The molecule has 78 valence electrons. The lowest BCUT2D eigenvalue weighted by Crippen LogP contribution is -1.95. The minimum absolute atomic E-state index is 0.0721. The Morgan fingerprint density at radius 1 is 1.27 bits per heavy atom. The second-order valence-corrected chi connectivity index (χ2v) is 2.93. The van der Waals surface area contributed by atoms with E-state index in [0.29, 0.717) is 5.56 Å². The van der Waals surface area contributed by atoms with Crippen LogP contribution in [0, 0.1) is 0 Å². The van der Waals surface area contributed by atoms with Crippen LogP contribution in [0.4, 0.5) is 0 Å². The third-order valence-electron chi connectivity index (χ3n) is 1.74. The maximum atomic E-state index is 10.6. The van der Waals surface area contributed by atoms with Crippen LogP contribution in [0.15, 0.2) is 30.3 Å². The van der Waals surface area contributed by atoms with Crippen molar-refractivity contribution >= 4 is 18.0 Å². The Morgan fingerprint density at radius 3 is 2.60 bits per heavy atom. The van der Waals surface area contributed by atoms with E-state index in [0.717, 1.165) is 0 Å². The molecule has 0 unspecified atom stereocenters. The van der Waals surface area contributed by atoms with Crippen molar-refractivity contribution in [1.82, 2.24) is 0 Å². The third kappa shape index (κ3) is 3.64. The van der Waals surface area contributed by atoms with E-state index in [4.69, 9.17) is 10.2 Å². The smallest absolute Gasteiger partial charge is 0.335 e. The first-order valence-electron chi connectivity index (χ1n) is 4.31. The fourth-order valence-corrected chi connectivity index (χ4v) is 1.07. The van der Waals surface area contributed by atoms with Crippen molar-refractivity contribution in [2.75, 3.05) is 0 Å². The van der Waals surface area contributed by atoms with Crippen LogP contribution in [0.3, 0.4) is 0 Å². The lowest BCUT2D eigenvalue weighted by molar-refractivity contribution is -0.135. The number of benzene rings is 1. The SMILES string of the molecule is O=C(O)C/C=C/c1cccc(C(=O)O)c1. The van der Waals surface area contributed by atoms with E-state index in [1.165, 1.54) is 18.2 Å². The first kappa shape index (κ1) is 11.0. The van der Waals surface area contributed by atoms with Gasteiger partial charge < -0.3 is 10.2 Å². The van der Waals surface area contributed by atoms with Gasteiger partial charge in [0.2, 0.25) is 0 Å². The molecule has 0 atom stereocenters. The Bertz CT molecular complexity index is 407. The Balaban J connectivity index is 2.78. The van der Waals surface area contributed by atoms with Crippen molar-refractivity contribution in [2.45, 2.75) is 6.42 Å². The van der Waals surface area contributed by atoms with E-state index in [1.54, 1.807) is 18.2 Å². The summed E-state index contributed by atoms with van der Waals surface area (Å²) < 4.78 is 0. The zero-order chi connectivity index (χ0) is 11.3. The molecule has 4 heteroatoms. The van der Waals surface area contributed by atoms with Gasteiger partial charge in [0.25, 0.3) is 0 Å². The summed E-state index contributed by atoms with van der Waals surface area (Å²) in [6.07, 6.45) is 2.99. The van der Waals surface area contributed by atoms with Gasteiger partial charge in [-0.3, -0.25) is 4.79 Å². The zero-order valence-electron chi connectivity index (χ0n) is 7.88. The van der Waals surface area contributed by atoms with Crippen LogP contribution < -0.4 is 0 Å². The van der Waals surface area contributed by atoms with Crippen molar-refractivity contribution in [3.63, 3.8) is 0 Å². The second kappa shape index (κ2) is 4.95. The molecule has 0 aliphatic heterocycles. The number of carboxylic acids is 2. The lowest BCUT2D eigenvalue weighted by Gasteiger charge is -1.96. The van der Waals surface area contributed by atoms with Crippen molar-refractivity contribution < 1.29 is 19.8 Å². The molecule has 0 heterocycles. The molecule has 0 spiro atoms. The highest BCUT2D eigenvalue weighted by Gasteiger charge is 2.01. The molecule has 2 N–H and O–H groups in total. The fraction of sp³-hybridized carbons (Fsp3) is 0.0909. The molecule has 0 saturated carbocycles. The standard InChI is InChI=1S/C11H10O4/c12-10(13)6-2-4-8-3-1-5-9(7-8)11(14)15/h1-5,7H,6H2,(H,12,13)(H,14,15)/b4-2+. The Labute approximate surface area is 86.5 Å². The minimum atomic E-state index is -0.997. The number of rotatable bonds is 4. The highest BCUT2D eigenvalue weighted by atomic mass is 16.4. The van der Waals surface area contributed by atoms with Crippen LogP contribution in [-0.2, 0) is 4.79 Å². The molecule has 0 aliphatic rings. The molecule has 15 heavy (non-hydrogen) atoms. The number of carboxylic acid groups (broad SMARTS) is 2. The number of hydrogen-bond acceptors (Lipinski definition) is 2. The molecule has 1 aromatic carbocycles. The zero-order valence-corrected chi connectivity index (χ0v) is 7.88. The average Bonchev–Trinajstić information content (AvgIpc) is 2.17. The molecule has 0 amide bonds. The van der Waals surface area contributed by atoms with Gasteiger partial charge in [-0.15, -0.1) is 0 Å². The molecule has 0 bridgehead atoms. The second-order valence-electron chi connectivity index (χ2n) is 2.93. The number of hydrogen-bond donors (Lipinski definition) is 2. The summed E-state index contributed by atoms with van der Waals surface area (Å²) in [6, 6.07) is 6.30. The Morgan fingerprint density at radius 2 is 2.00 bits per heavy atom. The van der Waals surface area contributed by atoms with Crippen LogP contribution in [0.2, 0.25) is 0 Å². The highest BCUT2D eigenvalue weighted by molar-refractivity contribution is 5.88. The van der Waals surface area contributed by atoms with Crippen molar-refractivity contribution in [3.05, 3.63) is 41.5 Å². The van der Waals surface area contributed by atoms with Gasteiger partial charge in [-0.1, -0.05) is 24.3 Å². The summed E-state index contributed by atoms with van der Waals surface area (Å²) in [4.78, 5) is 20.8. The van der Waals surface area contributed by atoms with Crippen molar-refractivity contribution in [1.29, 1.82) is 0 Å². The summed E-state index contributed by atoms with van der Waals surface area (Å²) in [5, 5.41) is 17.1. The van der Waals surface area contributed by atoms with Crippen LogP contribution >= 0.6 is 0 Å². The van der Waals surface area contributed by atoms with Gasteiger partial charge in [0.05, 0.1) is 12.0 Å². The first-order valence-corrected chi connectivity index (χ1v) is 4.31. The van der Waals surface area contributed by atoms with Crippen LogP contribution in [0.25, 0.3) is 6.08 Å². The topological polar surface area (TPSA) is 74.6 Å². The molecule has 4 nitrogen and oxygen atoms in total. The molecule has 0 aromatic heterocycles. The first-order chi connectivity index (χ1) is 7.09. The predicted molar refractivity (Wildman–Crippen MR) is 54.7 cm³/mol. The largest absolute Gasteiger partial charge is 0.481 e. The molecule has 0 radical (unpaired) electrons. The van der Waals surface area contributed by atoms with Gasteiger partial charge in [-0.05, 0) is 17.7 Å². The van der Waals surface area contributed by atoms with Gasteiger partial charge in [0, 0.05) is 0 Å². The van der Waals surface area contributed by atoms with Crippen LogP contribution in [0.1, 0.15) is 22.3 Å². The van der Waals surface area contributed by atoms with E-state index in [1.807, 2.05) is 0 Å². The molecular weight excluding hydrogens is 196 g/mol. The van der Waals surface area contributed by atoms with Gasteiger partial charge in [-0.2, -0.15) is 0 Å². The van der Waals surface area contributed by atoms with Crippen LogP contribution in [0.5, 0.6) is 0 Å². The average molecular weight is 206 g/mol. The van der Waals surface area contributed by atoms with Crippen molar-refractivity contribution in [3.8, 4) is 0 Å². The van der Waals surface area contributed by atoms with Gasteiger partial charge in [-0.25, -0.2) is 4.79 Å². The molecule has 0 aliphatic carbocycles. The van der Waals surface area contributed by atoms with Gasteiger partial charge >= 0.3 is 11.9 Å². The molecule has 0 fully saturated rings. The molecule has 0 saturated heterocycles. The van der Waals surface area contributed by atoms with Crippen molar-refractivity contribution in [2.24, 2.45) is 0 Å². The van der Waals surface area contributed by atoms with E-state index in [9.17, 15) is 9.59 Å². The number of aromatic carboxylic acids is 1. The number of aliphatic carboxylic acids is 1. The van der Waals surface area contributed by atoms with E-state index >= 15 is 0 Å². The van der Waals surface area contributed by atoms with Gasteiger partial charge in [0.1, 0.15) is 0 Å². The maximum Gasteiger partial charge on any atom is 0.335 e. The molecular formula is C11H10O4. The van der Waals surface area contributed by atoms with E-state index in [-0.39, 0.29) is 12.0 Å². The summed E-state index contributed by atoms with van der Waals surface area (Å²) in [5.74, 6) is -1.91. The van der Waals surface area contributed by atoms with E-state index < -0.39 is 11.9 Å². The van der Waals surface area contributed by atoms with E-state index in [2.05, 4.69) is 0 Å². The molecule has 1 aromatic rings. The highest BCUT2D eigenvalue weighted by Crippen LogP contribution is 2.07. The lowest BCUT2D eigenvalue weighted by atomic mass is 10.1. The maximum absolute atomic E-state index is 10.6. The monoisotopic (exact) mass is 206 g/mol. The predicted octanol–water partition coefficient (Wildman–Crippen LogP) is 1.87. The summed E-state index contributed by atoms with van der Waals surface area (Å²) in [7, 11) is 0. The number of carbonyl (C=O) groups is 2. The third-order valence-corrected chi connectivity index (χ3v) is 1.74. The molecule has 1 rings (SSSR count). The van der Waals surface area contributed by atoms with Gasteiger partial charge in [0.15, 0.2) is 0 Å². The summed E-state index contributed by atoms with van der Waals surface area (Å²) >= 11 is 0. The Kier molecular flexibility index (Phi) is 3.62. The van der Waals surface area contributed by atoms with Crippen LogP contribution in [-0.4, -0.2) is 22.2 Å². The quantitative estimate of drug-likeness (QED) is 0.788. The normalized spacial score (nSPS) is 10.4. The fourth-order valence-electron chi connectivity index (χ4n) is 1.07. The summed E-state index contributed by atoms with van der Waals surface area (Å²) in [6.45, 7) is 0.